The Hall–Kier alpha value is -1.93. The van der Waals surface area contributed by atoms with Crippen molar-refractivity contribution in [3.63, 3.8) is 0 Å². The van der Waals surface area contributed by atoms with Gasteiger partial charge in [0.15, 0.2) is 0 Å². The molecule has 1 atom stereocenters. The highest BCUT2D eigenvalue weighted by molar-refractivity contribution is 7.13. The molecule has 1 aromatic carbocycles. The largest absolute Gasteiger partial charge is 0.416 e. The molecule has 0 radical (unpaired) electrons. The van der Waals surface area contributed by atoms with Crippen LogP contribution in [0.15, 0.2) is 35.6 Å². The molecule has 0 saturated carbocycles. The lowest BCUT2D eigenvalue weighted by Gasteiger charge is -2.21. The maximum absolute atomic E-state index is 13.2. The van der Waals surface area contributed by atoms with Crippen LogP contribution in [-0.2, 0) is 17.4 Å². The third-order valence-corrected chi connectivity index (χ3v) is 5.51. The number of likely N-dealkylation sites (N-methyl/N-ethyl adjacent to an activating group) is 1. The summed E-state index contributed by atoms with van der Waals surface area (Å²) in [6.45, 7) is 10.6. The summed E-state index contributed by atoms with van der Waals surface area (Å²) in [6, 6.07) is 5.13. The summed E-state index contributed by atoms with van der Waals surface area (Å²) in [5.41, 5.74) is -0.0497. The molecule has 2 rings (SSSR count). The van der Waals surface area contributed by atoms with Crippen molar-refractivity contribution < 1.29 is 18.0 Å². The van der Waals surface area contributed by atoms with Gasteiger partial charge in [0.25, 0.3) is 0 Å². The van der Waals surface area contributed by atoms with E-state index in [0.29, 0.717) is 22.8 Å². The smallest absolute Gasteiger partial charge is 0.391 e. The van der Waals surface area contributed by atoms with Gasteiger partial charge in [-0.05, 0) is 38.6 Å². The fourth-order valence-electron chi connectivity index (χ4n) is 2.86. The van der Waals surface area contributed by atoms with Gasteiger partial charge in [-0.3, -0.25) is 0 Å². The monoisotopic (exact) mass is 427 g/mol. The fourth-order valence-corrected chi connectivity index (χ4v) is 3.88. The van der Waals surface area contributed by atoms with E-state index in [1.54, 1.807) is 12.3 Å². The Morgan fingerprint density at radius 2 is 1.97 bits per heavy atom. The lowest BCUT2D eigenvalue weighted by atomic mass is 10.1. The Labute approximate surface area is 174 Å². The van der Waals surface area contributed by atoms with Gasteiger partial charge in [0, 0.05) is 23.2 Å². The molecule has 0 saturated heterocycles. The van der Waals surface area contributed by atoms with Crippen LogP contribution < -0.4 is 0 Å². The van der Waals surface area contributed by atoms with E-state index in [1.807, 2.05) is 6.92 Å². The fraction of sp³-hybridized carbons (Fsp3) is 0.524. The average molecular weight is 428 g/mol. The van der Waals surface area contributed by atoms with E-state index in [4.69, 9.17) is 4.84 Å². The van der Waals surface area contributed by atoms with Crippen LogP contribution in [0.2, 0.25) is 0 Å². The summed E-state index contributed by atoms with van der Waals surface area (Å²) in [5, 5.41) is 4.81. The van der Waals surface area contributed by atoms with Gasteiger partial charge < -0.3 is 9.74 Å². The minimum absolute atomic E-state index is 0.203. The van der Waals surface area contributed by atoms with Crippen LogP contribution in [0.4, 0.5) is 13.2 Å². The standard InChI is InChI=1S/C21H28F3N3OS/c1-5-9-18-13-25-20(29-18)19(26-28-15(4)14-27(6-2)7-3)16-10-8-11-17(12-16)21(22,23)24/h8,10-13,15H,5-7,9,14H2,1-4H3/b26-19+. The summed E-state index contributed by atoms with van der Waals surface area (Å²) in [7, 11) is 0. The zero-order valence-corrected chi connectivity index (χ0v) is 18.1. The minimum atomic E-state index is -4.42. The van der Waals surface area contributed by atoms with Gasteiger partial charge in [-0.1, -0.05) is 44.5 Å². The van der Waals surface area contributed by atoms with Gasteiger partial charge in [0.2, 0.25) is 0 Å². The van der Waals surface area contributed by atoms with Gasteiger partial charge in [-0.2, -0.15) is 13.2 Å². The Bertz CT molecular complexity index is 800. The van der Waals surface area contributed by atoms with Crippen LogP contribution in [-0.4, -0.2) is 41.3 Å². The molecular weight excluding hydrogens is 399 g/mol. The maximum atomic E-state index is 13.2. The van der Waals surface area contributed by atoms with E-state index >= 15 is 0 Å². The quantitative estimate of drug-likeness (QED) is 0.365. The molecule has 0 N–H and O–H groups in total. The van der Waals surface area contributed by atoms with Crippen molar-refractivity contribution in [1.82, 2.24) is 9.88 Å². The number of nitrogens with zero attached hydrogens (tertiary/aromatic N) is 3. The van der Waals surface area contributed by atoms with E-state index in [1.165, 1.54) is 17.4 Å². The van der Waals surface area contributed by atoms with Crippen LogP contribution in [0.25, 0.3) is 0 Å². The second-order valence-corrected chi connectivity index (χ2v) is 7.92. The van der Waals surface area contributed by atoms with Crippen LogP contribution in [0.1, 0.15) is 55.1 Å². The van der Waals surface area contributed by atoms with Gasteiger partial charge >= 0.3 is 6.18 Å². The molecule has 2 aromatic rings. The number of alkyl halides is 3. The minimum Gasteiger partial charge on any atom is -0.391 e. The summed E-state index contributed by atoms with van der Waals surface area (Å²) in [5.74, 6) is 0. The Morgan fingerprint density at radius 3 is 2.59 bits per heavy atom. The lowest BCUT2D eigenvalue weighted by Crippen LogP contribution is -2.31. The molecular formula is C21H28F3N3OS. The molecule has 1 unspecified atom stereocenters. The first kappa shape index (κ1) is 23.3. The van der Waals surface area contributed by atoms with Crippen LogP contribution in [0.3, 0.4) is 0 Å². The van der Waals surface area contributed by atoms with Gasteiger partial charge in [0.1, 0.15) is 16.8 Å². The number of rotatable bonds is 10. The number of aromatic nitrogens is 1. The third-order valence-electron chi connectivity index (χ3n) is 4.45. The molecule has 0 spiro atoms. The summed E-state index contributed by atoms with van der Waals surface area (Å²) < 4.78 is 39.6. The highest BCUT2D eigenvalue weighted by Gasteiger charge is 2.31. The van der Waals surface area contributed by atoms with E-state index in [0.717, 1.165) is 42.9 Å². The van der Waals surface area contributed by atoms with Crippen LogP contribution >= 0.6 is 11.3 Å². The summed E-state index contributed by atoms with van der Waals surface area (Å²) in [6.07, 6.45) is -1.03. The van der Waals surface area contributed by atoms with E-state index < -0.39 is 11.7 Å². The number of benzene rings is 1. The van der Waals surface area contributed by atoms with Crippen molar-refractivity contribution in [2.45, 2.75) is 52.8 Å². The normalized spacial score (nSPS) is 13.7. The van der Waals surface area contributed by atoms with Crippen molar-refractivity contribution in [3.8, 4) is 0 Å². The van der Waals surface area contributed by atoms with Crippen molar-refractivity contribution in [3.05, 3.63) is 51.5 Å². The van der Waals surface area contributed by atoms with Crippen molar-refractivity contribution in [1.29, 1.82) is 0 Å². The number of aryl methyl sites for hydroxylation is 1. The number of halogens is 3. The number of hydrogen-bond donors (Lipinski definition) is 0. The first-order chi connectivity index (χ1) is 13.8. The molecule has 0 aliphatic heterocycles. The molecule has 160 valence electrons. The second kappa shape index (κ2) is 10.7. The summed E-state index contributed by atoms with van der Waals surface area (Å²) in [4.78, 5) is 13.3. The SMILES string of the molecule is CCCc1cnc(/C(=N/OC(C)CN(CC)CC)c2cccc(C(F)(F)F)c2)s1. The van der Waals surface area contributed by atoms with Gasteiger partial charge in [-0.15, -0.1) is 11.3 Å². The summed E-state index contributed by atoms with van der Waals surface area (Å²) >= 11 is 1.43. The van der Waals surface area contributed by atoms with E-state index in [-0.39, 0.29) is 6.10 Å². The number of hydrogen-bond acceptors (Lipinski definition) is 5. The molecule has 1 aromatic heterocycles. The molecule has 0 bridgehead atoms. The Morgan fingerprint density at radius 1 is 1.24 bits per heavy atom. The van der Waals surface area contributed by atoms with Crippen molar-refractivity contribution in [2.75, 3.05) is 19.6 Å². The predicted molar refractivity (Wildman–Crippen MR) is 112 cm³/mol. The molecule has 0 aliphatic rings. The zero-order valence-electron chi connectivity index (χ0n) is 17.3. The number of thiazole rings is 1. The average Bonchev–Trinajstić information content (AvgIpc) is 3.14. The first-order valence-electron chi connectivity index (χ1n) is 9.87. The first-order valence-corrected chi connectivity index (χ1v) is 10.7. The van der Waals surface area contributed by atoms with E-state index in [2.05, 4.69) is 35.8 Å². The van der Waals surface area contributed by atoms with E-state index in [9.17, 15) is 13.2 Å². The lowest BCUT2D eigenvalue weighted by molar-refractivity contribution is -0.137. The topological polar surface area (TPSA) is 37.7 Å². The highest BCUT2D eigenvalue weighted by atomic mass is 32.1. The predicted octanol–water partition coefficient (Wildman–Crippen LogP) is 5.61. The third kappa shape index (κ3) is 6.82. The molecule has 0 fully saturated rings. The van der Waals surface area contributed by atoms with Crippen LogP contribution in [0, 0.1) is 0 Å². The Balaban J connectivity index is 2.35. The molecule has 8 heteroatoms. The highest BCUT2D eigenvalue weighted by Crippen LogP contribution is 2.30. The van der Waals surface area contributed by atoms with Gasteiger partial charge in [0.05, 0.1) is 5.56 Å². The van der Waals surface area contributed by atoms with Crippen molar-refractivity contribution >= 4 is 17.0 Å². The molecule has 4 nitrogen and oxygen atoms in total. The molecule has 29 heavy (non-hydrogen) atoms. The maximum Gasteiger partial charge on any atom is 0.416 e. The molecule has 1 heterocycles. The molecule has 0 aliphatic carbocycles. The molecule has 0 amide bonds. The van der Waals surface area contributed by atoms with Crippen molar-refractivity contribution in [2.24, 2.45) is 5.16 Å². The number of oxime groups is 1. The Kier molecular flexibility index (Phi) is 8.64. The second-order valence-electron chi connectivity index (χ2n) is 6.80. The van der Waals surface area contributed by atoms with Gasteiger partial charge in [-0.25, -0.2) is 4.98 Å². The zero-order chi connectivity index (χ0) is 21.4. The van der Waals surface area contributed by atoms with Crippen LogP contribution in [0.5, 0.6) is 0 Å².